The Labute approximate surface area is 203 Å². The van der Waals surface area contributed by atoms with E-state index in [4.69, 9.17) is 0 Å². The summed E-state index contributed by atoms with van der Waals surface area (Å²) in [6, 6.07) is 22.1. The summed E-state index contributed by atoms with van der Waals surface area (Å²) in [4.78, 5) is 29.1. The van der Waals surface area contributed by atoms with Crippen LogP contribution in [0.3, 0.4) is 0 Å². The zero-order valence-electron chi connectivity index (χ0n) is 18.1. The Morgan fingerprint density at radius 2 is 1.51 bits per heavy atom. The minimum Gasteiger partial charge on any atom is -0.440 e. The molecule has 0 unspecified atom stereocenters. The van der Waals surface area contributed by atoms with E-state index in [2.05, 4.69) is 26.5 Å². The number of nitrogens with one attached hydrogen (secondary N) is 1. The van der Waals surface area contributed by atoms with Crippen molar-refractivity contribution in [1.29, 1.82) is 0 Å². The van der Waals surface area contributed by atoms with Gasteiger partial charge in [0.05, 0.1) is 5.56 Å². The van der Waals surface area contributed by atoms with Gasteiger partial charge >= 0.3 is 0 Å². The van der Waals surface area contributed by atoms with Crippen LogP contribution in [0.4, 0.5) is 10.1 Å². The Bertz CT molecular complexity index is 1520. The molecule has 8 heteroatoms. The van der Waals surface area contributed by atoms with Crippen molar-refractivity contribution >= 4 is 28.1 Å². The maximum absolute atomic E-state index is 13.0. The molecule has 0 atom stereocenters. The Morgan fingerprint density at radius 1 is 0.829 bits per heavy atom. The number of hydrogen-bond acceptors (Lipinski definition) is 5. The van der Waals surface area contributed by atoms with Crippen molar-refractivity contribution < 1.29 is 18.2 Å². The monoisotopic (exact) mass is 482 g/mol. The third-order valence-electron chi connectivity index (χ3n) is 4.70. The first-order valence-corrected chi connectivity index (χ1v) is 11.5. The summed E-state index contributed by atoms with van der Waals surface area (Å²) in [7, 11) is -1.81. The lowest BCUT2D eigenvalue weighted by Crippen LogP contribution is -2.11. The van der Waals surface area contributed by atoms with Gasteiger partial charge in [-0.1, -0.05) is 47.1 Å². The molecule has 1 heterocycles. The number of halogens is 1. The van der Waals surface area contributed by atoms with Gasteiger partial charge in [0.15, 0.2) is 0 Å². The lowest BCUT2D eigenvalue weighted by atomic mass is 10.1. The van der Waals surface area contributed by atoms with Crippen LogP contribution in [0, 0.1) is 17.7 Å². The molecule has 4 aromatic rings. The summed E-state index contributed by atoms with van der Waals surface area (Å²) in [5.41, 5.74) is 2.25. The number of carbonyl (C=O) groups excluding carboxylic acids is 2. The molecule has 0 saturated carbocycles. The van der Waals surface area contributed by atoms with E-state index in [1.54, 1.807) is 54.6 Å². The van der Waals surface area contributed by atoms with E-state index >= 15 is 0 Å². The van der Waals surface area contributed by atoms with E-state index in [0.717, 1.165) is 0 Å². The highest BCUT2D eigenvalue weighted by Crippen LogP contribution is 2.12. The van der Waals surface area contributed by atoms with E-state index < -0.39 is 22.3 Å². The Morgan fingerprint density at radius 3 is 2.23 bits per heavy atom. The molecule has 0 aliphatic carbocycles. The first-order valence-electron chi connectivity index (χ1n) is 10.3. The van der Waals surface area contributed by atoms with Gasteiger partial charge in [0, 0.05) is 34.8 Å². The second-order valence-electron chi connectivity index (χ2n) is 7.21. The molecule has 0 spiro atoms. The van der Waals surface area contributed by atoms with Crippen molar-refractivity contribution in [3.05, 3.63) is 125 Å². The predicted octanol–water partition coefficient (Wildman–Crippen LogP) is 5.22. The van der Waals surface area contributed by atoms with Gasteiger partial charge in [0.2, 0.25) is 0 Å². The Hall–Kier alpha value is -4.61. The fraction of sp³-hybridized carbons (Fsp3) is 0. The molecule has 6 nitrogen and oxygen atoms in total. The van der Waals surface area contributed by atoms with Crippen LogP contribution >= 0.6 is 0 Å². The quantitative estimate of drug-likeness (QED) is 0.319. The molecule has 0 aliphatic heterocycles. The van der Waals surface area contributed by atoms with Gasteiger partial charge in [0.25, 0.3) is 11.8 Å². The van der Waals surface area contributed by atoms with Gasteiger partial charge in [-0.3, -0.25) is 14.6 Å². The lowest BCUT2D eigenvalue weighted by molar-refractivity contribution is 0.100. The average molecular weight is 483 g/mol. The molecular formula is C27H17FN3O3S-. The van der Waals surface area contributed by atoms with Gasteiger partial charge in [0.1, 0.15) is 5.82 Å². The number of hydrogen-bond donors (Lipinski definition) is 1. The summed E-state index contributed by atoms with van der Waals surface area (Å²) < 4.78 is 29.0. The number of amides is 2. The highest BCUT2D eigenvalue weighted by molar-refractivity contribution is 7.75. The second-order valence-corrected chi connectivity index (χ2v) is 8.36. The van der Waals surface area contributed by atoms with E-state index in [1.165, 1.54) is 42.7 Å². The normalized spacial score (nSPS) is 11.2. The molecule has 4 rings (SSSR count). The summed E-state index contributed by atoms with van der Waals surface area (Å²) in [5, 5.41) is 2.73. The largest absolute Gasteiger partial charge is 0.440 e. The SMILES string of the molecule is O=C(N=[S-](=O)c1ccccc1)c1cncc(C#Cc2ccc(NC(=O)c3ccc(F)cc3)cc2)c1. The molecule has 0 fully saturated rings. The van der Waals surface area contributed by atoms with Crippen LogP contribution in [0.15, 0.2) is 107 Å². The number of pyridine rings is 1. The molecular weight excluding hydrogens is 465 g/mol. The molecule has 0 radical (unpaired) electrons. The van der Waals surface area contributed by atoms with Gasteiger partial charge in [-0.05, 0) is 54.6 Å². The Kier molecular flexibility index (Phi) is 7.40. The predicted molar refractivity (Wildman–Crippen MR) is 131 cm³/mol. The van der Waals surface area contributed by atoms with Gasteiger partial charge in [-0.25, -0.2) is 4.39 Å². The smallest absolute Gasteiger partial charge is 0.255 e. The number of rotatable bonds is 4. The summed E-state index contributed by atoms with van der Waals surface area (Å²) >= 11 is 0. The molecule has 1 aromatic heterocycles. The van der Waals surface area contributed by atoms with Crippen LogP contribution in [0.1, 0.15) is 31.8 Å². The molecule has 0 saturated heterocycles. The van der Waals surface area contributed by atoms with Gasteiger partial charge in [-0.15, -0.1) is 0 Å². The van der Waals surface area contributed by atoms with Crippen molar-refractivity contribution in [2.24, 2.45) is 4.36 Å². The van der Waals surface area contributed by atoms with Gasteiger partial charge in [-0.2, -0.15) is 10.6 Å². The van der Waals surface area contributed by atoms with Crippen LogP contribution in [-0.4, -0.2) is 16.8 Å². The topological polar surface area (TPSA) is 88.5 Å². The zero-order valence-corrected chi connectivity index (χ0v) is 19.0. The molecule has 0 aliphatic rings. The molecule has 0 bridgehead atoms. The molecule has 2 amide bonds. The Balaban J connectivity index is 1.43. The van der Waals surface area contributed by atoms with E-state index in [0.29, 0.717) is 27.3 Å². The third-order valence-corrected chi connectivity index (χ3v) is 5.70. The first-order chi connectivity index (χ1) is 17.0. The molecule has 1 N–H and O–H groups in total. The number of carbonyl (C=O) groups is 2. The highest BCUT2D eigenvalue weighted by Gasteiger charge is 2.06. The lowest BCUT2D eigenvalue weighted by Gasteiger charge is -2.05. The van der Waals surface area contributed by atoms with Crippen LogP contribution < -0.4 is 5.32 Å². The van der Waals surface area contributed by atoms with Crippen LogP contribution in [0.2, 0.25) is 0 Å². The van der Waals surface area contributed by atoms with Crippen molar-refractivity contribution in [1.82, 2.24) is 4.98 Å². The molecule has 35 heavy (non-hydrogen) atoms. The average Bonchev–Trinajstić information content (AvgIpc) is 2.89. The maximum Gasteiger partial charge on any atom is 0.255 e. The number of aromatic nitrogens is 1. The zero-order chi connectivity index (χ0) is 24.6. The maximum atomic E-state index is 13.0. The molecule has 172 valence electrons. The van der Waals surface area contributed by atoms with Crippen molar-refractivity contribution in [2.45, 2.75) is 4.90 Å². The third kappa shape index (κ3) is 6.47. The summed E-state index contributed by atoms with van der Waals surface area (Å²) in [6.45, 7) is 0. The minimum atomic E-state index is -1.81. The standard InChI is InChI=1S/C27H17FN3O3S/c28-23-12-10-21(11-13-23)26(32)30-24-14-8-19(9-15-24)6-7-20-16-22(18-29-17-20)27(33)31-35(34)25-4-2-1-3-5-25/h1-5,8-18H,(H,30,32)/q-1. The van der Waals surface area contributed by atoms with Gasteiger partial charge < -0.3 is 13.9 Å². The van der Waals surface area contributed by atoms with Crippen LogP contribution in [0.25, 0.3) is 0 Å². The van der Waals surface area contributed by atoms with Crippen LogP contribution in [0.5, 0.6) is 0 Å². The van der Waals surface area contributed by atoms with E-state index in [-0.39, 0.29) is 11.5 Å². The van der Waals surface area contributed by atoms with Crippen molar-refractivity contribution in [2.75, 3.05) is 5.32 Å². The number of nitrogens with zero attached hydrogens (tertiary/aromatic N) is 2. The fourth-order valence-electron chi connectivity index (χ4n) is 2.93. The van der Waals surface area contributed by atoms with E-state index in [1.807, 2.05) is 0 Å². The first kappa shape index (κ1) is 23.5. The number of anilines is 1. The van der Waals surface area contributed by atoms with Crippen molar-refractivity contribution in [3.8, 4) is 11.8 Å². The number of benzene rings is 3. The minimum absolute atomic E-state index is 0.180. The fourth-order valence-corrected chi connectivity index (χ4v) is 3.68. The second kappa shape index (κ2) is 11.0. The highest BCUT2D eigenvalue weighted by atomic mass is 32.2. The summed E-state index contributed by atoms with van der Waals surface area (Å²) in [6.07, 6.45) is 2.85. The van der Waals surface area contributed by atoms with E-state index in [9.17, 15) is 18.2 Å². The summed E-state index contributed by atoms with van der Waals surface area (Å²) in [5.74, 6) is 4.48. The van der Waals surface area contributed by atoms with Crippen LogP contribution in [-0.2, 0) is 14.8 Å². The van der Waals surface area contributed by atoms with Crippen molar-refractivity contribution in [3.63, 3.8) is 0 Å². The molecule has 3 aromatic carbocycles.